The molecule has 6 heteroatoms. The minimum Gasteiger partial charge on any atom is -0.315 e. The normalized spacial score (nSPS) is 13.3. The highest BCUT2D eigenvalue weighted by atomic mass is 32.2. The summed E-state index contributed by atoms with van der Waals surface area (Å²) in [5, 5.41) is 2.62. The Hall–Kier alpha value is -1.14. The molecule has 0 fully saturated rings. The number of sulfonamides is 1. The van der Waals surface area contributed by atoms with Crippen molar-refractivity contribution >= 4 is 15.7 Å². The van der Waals surface area contributed by atoms with Gasteiger partial charge < -0.3 is 5.32 Å². The topological polar surface area (TPSA) is 71.1 Å². The van der Waals surface area contributed by atoms with Gasteiger partial charge in [-0.05, 0) is 38.9 Å². The molecule has 0 spiro atoms. The van der Waals surface area contributed by atoms with E-state index in [2.05, 4.69) is 15.0 Å². The molecule has 1 aromatic rings. The molecule has 0 aliphatic carbocycles. The van der Waals surface area contributed by atoms with E-state index in [9.17, 15) is 8.42 Å². The molecule has 1 rings (SSSR count). The molecule has 0 aliphatic rings. The van der Waals surface area contributed by atoms with Gasteiger partial charge in [-0.1, -0.05) is 6.92 Å². The summed E-state index contributed by atoms with van der Waals surface area (Å²) in [6, 6.07) is 3.43. The van der Waals surface area contributed by atoms with Crippen LogP contribution in [0.3, 0.4) is 0 Å². The van der Waals surface area contributed by atoms with E-state index >= 15 is 0 Å². The highest BCUT2D eigenvalue weighted by Crippen LogP contribution is 2.14. The smallest absolute Gasteiger partial charge is 0.236 e. The molecule has 0 amide bonds. The van der Waals surface area contributed by atoms with Crippen molar-refractivity contribution in [3.63, 3.8) is 0 Å². The van der Waals surface area contributed by atoms with Gasteiger partial charge in [0.15, 0.2) is 0 Å². The highest BCUT2D eigenvalue weighted by molar-refractivity contribution is 7.93. The van der Waals surface area contributed by atoms with Gasteiger partial charge in [-0.3, -0.25) is 9.71 Å². The van der Waals surface area contributed by atoms with E-state index in [4.69, 9.17) is 0 Å². The second kappa shape index (κ2) is 6.70. The van der Waals surface area contributed by atoms with E-state index < -0.39 is 15.3 Å². The molecule has 5 nitrogen and oxygen atoms in total. The monoisotopic (exact) mass is 271 g/mol. The van der Waals surface area contributed by atoms with Crippen LogP contribution in [0, 0.1) is 6.92 Å². The number of aryl methyl sites for hydroxylation is 1. The highest BCUT2D eigenvalue weighted by Gasteiger charge is 2.20. The average Bonchev–Trinajstić information content (AvgIpc) is 2.32. The molecule has 0 aliphatic heterocycles. The number of rotatable bonds is 7. The quantitative estimate of drug-likeness (QED) is 0.738. The van der Waals surface area contributed by atoms with Gasteiger partial charge >= 0.3 is 0 Å². The van der Waals surface area contributed by atoms with Crippen molar-refractivity contribution in [3.8, 4) is 0 Å². The number of pyridine rings is 1. The molecule has 18 heavy (non-hydrogen) atoms. The summed E-state index contributed by atoms with van der Waals surface area (Å²) in [5.74, 6) is 0. The Kier molecular flexibility index (Phi) is 5.55. The number of nitrogens with one attached hydrogen (secondary N) is 2. The molecule has 1 heterocycles. The molecule has 0 radical (unpaired) electrons. The lowest BCUT2D eigenvalue weighted by atomic mass is 10.3. The molecule has 0 bridgehead atoms. The first kappa shape index (κ1) is 14.9. The number of hydrogen-bond donors (Lipinski definition) is 2. The SMILES string of the molecule is CCCNCC(C)S(=O)(=O)Nc1cccnc1C. The Bertz CT molecular complexity index is 474. The second-order valence-electron chi connectivity index (χ2n) is 4.30. The summed E-state index contributed by atoms with van der Waals surface area (Å²) < 4.78 is 26.7. The first-order valence-electron chi connectivity index (χ1n) is 6.11. The first-order chi connectivity index (χ1) is 8.47. The molecule has 0 aromatic carbocycles. The van der Waals surface area contributed by atoms with Crippen molar-refractivity contribution in [2.45, 2.75) is 32.4 Å². The zero-order valence-electron chi connectivity index (χ0n) is 11.1. The van der Waals surface area contributed by atoms with E-state index in [1.807, 2.05) is 6.92 Å². The summed E-state index contributed by atoms with van der Waals surface area (Å²) in [6.07, 6.45) is 2.63. The van der Waals surface area contributed by atoms with E-state index in [0.29, 0.717) is 17.9 Å². The summed E-state index contributed by atoms with van der Waals surface area (Å²) in [7, 11) is -3.37. The van der Waals surface area contributed by atoms with Crippen LogP contribution in [0.1, 0.15) is 26.0 Å². The van der Waals surface area contributed by atoms with Crippen LogP contribution < -0.4 is 10.0 Å². The van der Waals surface area contributed by atoms with Gasteiger partial charge in [-0.2, -0.15) is 0 Å². The number of hydrogen-bond acceptors (Lipinski definition) is 4. The van der Waals surface area contributed by atoms with Crippen molar-refractivity contribution in [2.24, 2.45) is 0 Å². The summed E-state index contributed by atoms with van der Waals surface area (Å²) in [4.78, 5) is 4.06. The van der Waals surface area contributed by atoms with Crippen LogP contribution in [-0.4, -0.2) is 31.7 Å². The molecule has 102 valence electrons. The van der Waals surface area contributed by atoms with Gasteiger partial charge in [0.2, 0.25) is 10.0 Å². The molecule has 0 saturated heterocycles. The molecule has 1 unspecified atom stereocenters. The maximum absolute atomic E-state index is 12.1. The third-order valence-corrected chi connectivity index (χ3v) is 4.38. The molecule has 1 atom stereocenters. The number of nitrogens with zero attached hydrogens (tertiary/aromatic N) is 1. The molecule has 2 N–H and O–H groups in total. The van der Waals surface area contributed by atoms with Gasteiger partial charge in [-0.25, -0.2) is 8.42 Å². The van der Waals surface area contributed by atoms with Gasteiger partial charge in [0.1, 0.15) is 0 Å². The lowest BCUT2D eigenvalue weighted by Gasteiger charge is -2.16. The molecular formula is C12H21N3O2S. The van der Waals surface area contributed by atoms with Crippen LogP contribution in [0.25, 0.3) is 0 Å². The lowest BCUT2D eigenvalue weighted by Crippen LogP contribution is -2.35. The molecule has 0 saturated carbocycles. The molecular weight excluding hydrogens is 250 g/mol. The predicted molar refractivity (Wildman–Crippen MR) is 74.1 cm³/mol. The fourth-order valence-electron chi connectivity index (χ4n) is 1.44. The predicted octanol–water partition coefficient (Wildman–Crippen LogP) is 1.52. The van der Waals surface area contributed by atoms with Gasteiger partial charge in [0.05, 0.1) is 16.6 Å². The van der Waals surface area contributed by atoms with Crippen LogP contribution >= 0.6 is 0 Å². The Labute approximate surface area is 109 Å². The first-order valence-corrected chi connectivity index (χ1v) is 7.66. The van der Waals surface area contributed by atoms with E-state index in [1.165, 1.54) is 0 Å². The van der Waals surface area contributed by atoms with Crippen molar-refractivity contribution in [1.29, 1.82) is 0 Å². The van der Waals surface area contributed by atoms with Gasteiger partial charge in [0, 0.05) is 12.7 Å². The third-order valence-electron chi connectivity index (χ3n) is 2.65. The summed E-state index contributed by atoms with van der Waals surface area (Å²) in [5.41, 5.74) is 1.22. The Morgan fingerprint density at radius 2 is 2.17 bits per heavy atom. The van der Waals surface area contributed by atoms with Crippen LogP contribution in [0.4, 0.5) is 5.69 Å². The van der Waals surface area contributed by atoms with Crippen molar-refractivity contribution in [1.82, 2.24) is 10.3 Å². The molecule has 1 aromatic heterocycles. The maximum Gasteiger partial charge on any atom is 0.236 e. The lowest BCUT2D eigenvalue weighted by molar-refractivity contribution is 0.575. The van der Waals surface area contributed by atoms with E-state index in [0.717, 1.165) is 13.0 Å². The standard InChI is InChI=1S/C12H21N3O2S/c1-4-7-13-9-10(2)18(16,17)15-12-6-5-8-14-11(12)3/h5-6,8,10,13,15H,4,7,9H2,1-3H3. The van der Waals surface area contributed by atoms with Crippen LogP contribution in [0.5, 0.6) is 0 Å². The summed E-state index contributed by atoms with van der Waals surface area (Å²) >= 11 is 0. The van der Waals surface area contributed by atoms with E-state index in [-0.39, 0.29) is 0 Å². The zero-order valence-corrected chi connectivity index (χ0v) is 11.9. The minimum absolute atomic E-state index is 0.447. The fraction of sp³-hybridized carbons (Fsp3) is 0.583. The largest absolute Gasteiger partial charge is 0.315 e. The number of anilines is 1. The Morgan fingerprint density at radius 3 is 2.78 bits per heavy atom. The van der Waals surface area contributed by atoms with Crippen molar-refractivity contribution in [2.75, 3.05) is 17.8 Å². The second-order valence-corrected chi connectivity index (χ2v) is 6.40. The van der Waals surface area contributed by atoms with Crippen LogP contribution in [-0.2, 0) is 10.0 Å². The van der Waals surface area contributed by atoms with Crippen molar-refractivity contribution < 1.29 is 8.42 Å². The maximum atomic E-state index is 12.1. The van der Waals surface area contributed by atoms with Gasteiger partial charge in [0.25, 0.3) is 0 Å². The minimum atomic E-state index is -3.37. The van der Waals surface area contributed by atoms with E-state index in [1.54, 1.807) is 32.2 Å². The summed E-state index contributed by atoms with van der Waals surface area (Å²) in [6.45, 7) is 6.78. The Balaban J connectivity index is 2.67. The van der Waals surface area contributed by atoms with Crippen molar-refractivity contribution in [3.05, 3.63) is 24.0 Å². The van der Waals surface area contributed by atoms with Crippen LogP contribution in [0.2, 0.25) is 0 Å². The average molecular weight is 271 g/mol. The zero-order chi connectivity index (χ0) is 13.6. The third kappa shape index (κ3) is 4.27. The number of aromatic nitrogens is 1. The van der Waals surface area contributed by atoms with Gasteiger partial charge in [-0.15, -0.1) is 0 Å². The Morgan fingerprint density at radius 1 is 1.44 bits per heavy atom. The fourth-order valence-corrected chi connectivity index (χ4v) is 2.50. The van der Waals surface area contributed by atoms with Crippen LogP contribution in [0.15, 0.2) is 18.3 Å².